The van der Waals surface area contributed by atoms with Crippen molar-refractivity contribution in [3.8, 4) is 0 Å². The molecule has 0 radical (unpaired) electrons. The van der Waals surface area contributed by atoms with Crippen molar-refractivity contribution < 1.29 is 153 Å². The van der Waals surface area contributed by atoms with E-state index in [2.05, 4.69) is 46.3 Å². The van der Waals surface area contributed by atoms with Crippen LogP contribution in [0.25, 0.3) is 6.08 Å². The number of amidine groups is 4. The second kappa shape index (κ2) is 56.6. The number of allylic oxidation sites excluding steroid dienone is 3. The smallest absolute Gasteiger partial charge is 0.550 e. The molecular weight excluding hydrogens is 2080 g/mol. The Labute approximate surface area is 892 Å². The topological polar surface area (TPSA) is 336 Å². The van der Waals surface area contributed by atoms with Gasteiger partial charge in [-0.25, -0.2) is 70.2 Å². The second-order valence-electron chi connectivity index (χ2n) is 32.1. The van der Waals surface area contributed by atoms with Gasteiger partial charge in [0.25, 0.3) is 17.7 Å². The number of carboxylic acid groups (broad SMARTS) is 1. The molecule has 0 aromatic heterocycles. The first-order chi connectivity index (χ1) is 69.6. The number of ether oxygens (including phenoxy) is 1. The number of esters is 2. The number of halogens is 20. The van der Waals surface area contributed by atoms with E-state index in [4.69, 9.17) is 67.4 Å². The van der Waals surface area contributed by atoms with E-state index in [0.717, 1.165) is 77.9 Å². The molecule has 3 aliphatic rings. The molecule has 8 N–H and O–H groups in total. The number of nitrogen functional groups attached to an aromatic ring is 1. The maximum absolute atomic E-state index is 14.9. The third-order valence-electron chi connectivity index (χ3n) is 21.3. The van der Waals surface area contributed by atoms with Crippen LogP contribution >= 0.6 is 46.4 Å². The van der Waals surface area contributed by atoms with E-state index >= 15 is 0 Å². The Morgan fingerprint density at radius 3 is 1.05 bits per heavy atom. The predicted octanol–water partition coefficient (Wildman–Crippen LogP) is 20.0. The molecule has 3 heterocycles. The summed E-state index contributed by atoms with van der Waals surface area (Å²) in [4.78, 5) is 119. The molecule has 22 nitrogen and oxygen atoms in total. The fourth-order valence-corrected chi connectivity index (χ4v) is 15.6. The average Bonchev–Trinajstić information content (AvgIpc) is 0.736. The number of hydrogen-bond donors (Lipinski definition) is 7. The third kappa shape index (κ3) is 33.7. The molecule has 11 aromatic carbocycles. The van der Waals surface area contributed by atoms with Crippen LogP contribution in [0.5, 0.6) is 0 Å². The molecule has 3 aliphatic heterocycles. The molecule has 6 atom stereocenters. The summed E-state index contributed by atoms with van der Waals surface area (Å²) in [6, 6.07) is 41.6. The monoisotopic (exact) mass is 2170 g/mol. The normalized spacial score (nSPS) is 14.4. The van der Waals surface area contributed by atoms with Gasteiger partial charge in [0.2, 0.25) is 5.91 Å². The number of Topliss-reactive ketones (excluding diaryl/α,β-unsaturated/α-hetero) is 2. The van der Waals surface area contributed by atoms with Crippen LogP contribution < -0.4 is 67.0 Å². The number of benzene rings is 11. The molecule has 43 heteroatoms. The van der Waals surface area contributed by atoms with E-state index in [0.29, 0.717) is 65.4 Å². The van der Waals surface area contributed by atoms with Crippen molar-refractivity contribution in [1.29, 1.82) is 5.41 Å². The fourth-order valence-electron chi connectivity index (χ4n) is 14.6. The van der Waals surface area contributed by atoms with Crippen molar-refractivity contribution in [3.05, 3.63) is 426 Å². The number of nitrogens with one attached hydrogen (secondary N) is 6. The zero-order valence-electron chi connectivity index (χ0n) is 80.9. The number of ketones is 2. The van der Waals surface area contributed by atoms with E-state index in [-0.39, 0.29) is 138 Å². The molecule has 0 fully saturated rings. The number of nitrogens with two attached hydrogens (primary N) is 1. The minimum absolute atomic E-state index is 0. The molecular formula is C107H92Cl4F16N11NaO11. The number of aliphatic carboxylic acids is 1. The van der Waals surface area contributed by atoms with Gasteiger partial charge in [-0.2, -0.15) is 0 Å². The number of carboxylic acids is 1. The van der Waals surface area contributed by atoms with Crippen molar-refractivity contribution in [2.45, 2.75) is 133 Å². The zero-order valence-corrected chi connectivity index (χ0v) is 85.9. The van der Waals surface area contributed by atoms with Crippen LogP contribution in [0.2, 0.25) is 20.1 Å². The fraction of sp³-hybridized carbons (Fsp3) is 0.187. The van der Waals surface area contributed by atoms with Crippen molar-refractivity contribution in [1.82, 2.24) is 31.5 Å². The average molecular weight is 2180 g/mol. The van der Waals surface area contributed by atoms with E-state index in [1.165, 1.54) is 64.1 Å². The van der Waals surface area contributed by atoms with Crippen LogP contribution in [0.3, 0.4) is 0 Å². The Bertz CT molecular complexity index is 7090. The molecule has 782 valence electrons. The van der Waals surface area contributed by atoms with Gasteiger partial charge in [0, 0.05) is 136 Å². The van der Waals surface area contributed by atoms with Gasteiger partial charge in [-0.3, -0.25) is 63.6 Å². The van der Waals surface area contributed by atoms with Crippen LogP contribution in [-0.4, -0.2) is 81.3 Å². The number of aliphatic imine (C=N–C) groups is 3. The van der Waals surface area contributed by atoms with Gasteiger partial charge in [0.1, 0.15) is 135 Å². The van der Waals surface area contributed by atoms with E-state index in [1.807, 2.05) is 97.9 Å². The van der Waals surface area contributed by atoms with Crippen molar-refractivity contribution in [2.24, 2.45) is 20.7 Å². The number of carbonyl (C=O) groups is 9. The van der Waals surface area contributed by atoms with E-state index in [1.54, 1.807) is 34.6 Å². The van der Waals surface area contributed by atoms with Crippen molar-refractivity contribution in [2.75, 3.05) is 0 Å². The van der Waals surface area contributed by atoms with Gasteiger partial charge in [0.05, 0.1) is 62.1 Å². The van der Waals surface area contributed by atoms with E-state index < -0.39 is 198 Å². The number of nitrogens with zero attached hydrogens (tertiary/aromatic N) is 4. The Kier molecular flexibility index (Phi) is 46.8. The number of carbonyl (C=O) groups excluding carboxylic acids is 9. The van der Waals surface area contributed by atoms with Crippen molar-refractivity contribution in [3.63, 3.8) is 0 Å². The Hall–Kier alpha value is -14.7. The summed E-state index contributed by atoms with van der Waals surface area (Å²) in [6.07, 6.45) is 1.53. The predicted molar refractivity (Wildman–Crippen MR) is 529 cm³/mol. The minimum Gasteiger partial charge on any atom is -0.550 e. The molecule has 0 saturated carbocycles. The van der Waals surface area contributed by atoms with Gasteiger partial charge < -0.3 is 47.0 Å². The van der Waals surface area contributed by atoms with Gasteiger partial charge >= 0.3 is 41.5 Å². The summed E-state index contributed by atoms with van der Waals surface area (Å²) >= 11 is 24.7. The van der Waals surface area contributed by atoms with Crippen LogP contribution in [0.1, 0.15) is 194 Å². The first-order valence-electron chi connectivity index (χ1n) is 43.8. The Balaban J connectivity index is 0.000000286. The largest absolute Gasteiger partial charge is 1.00 e. The second-order valence-corrected chi connectivity index (χ2v) is 33.8. The molecule has 0 aliphatic carbocycles. The molecule has 150 heavy (non-hydrogen) atoms. The SMILES string of the molecule is C.CC(=O)/C(=C\c1ccc(F)cc1Cl)C(=O)N[C@H](C)c1ccccc1.CC(=O)N1C(c2c(F)cc(F)cc2F)=N[C@@H](c2ccc(F)cc2Cl)C(C(=O)N[C@@H](C)c2ccccc2)=C1C.CC(=O)OC(C)=O.CC(=O)[O-].CC1=C(C(=O)N[C@H](C)c2ccccc2)[C@H](c2ccc(F)cc2Cl)N=C(c2c(F)cc(F)cc2F)N1.CCC(=O)C1=C(C)NC(c2c(F)cc(F)cc2F)=N[C@H]1c1ccc(F)cc1Cl.N=C(N)c1c(F)cc(F)cc1F.[Na+]. The molecule has 0 unspecified atom stereocenters. The number of hydrogen-bond acceptors (Lipinski definition) is 17. The summed E-state index contributed by atoms with van der Waals surface area (Å²) in [7, 11) is 0. The molecule has 0 spiro atoms. The maximum atomic E-state index is 14.9. The summed E-state index contributed by atoms with van der Waals surface area (Å²) in [6.45, 7) is 17.3. The first-order valence-corrected chi connectivity index (χ1v) is 45.3. The van der Waals surface area contributed by atoms with Crippen LogP contribution in [-0.2, 0) is 47.9 Å². The molecule has 0 saturated heterocycles. The first kappa shape index (κ1) is 124. The van der Waals surface area contributed by atoms with Crippen LogP contribution in [0.4, 0.5) is 70.2 Å². The molecule has 0 bridgehead atoms. The third-order valence-corrected chi connectivity index (χ3v) is 22.6. The van der Waals surface area contributed by atoms with Crippen LogP contribution in [0.15, 0.2) is 267 Å². The van der Waals surface area contributed by atoms with Crippen molar-refractivity contribution >= 4 is 129 Å². The summed E-state index contributed by atoms with van der Waals surface area (Å²) in [5.74, 6) is -23.1. The van der Waals surface area contributed by atoms with Gasteiger partial charge in [-0.1, -0.05) is 176 Å². The van der Waals surface area contributed by atoms with E-state index in [9.17, 15) is 109 Å². The summed E-state index contributed by atoms with van der Waals surface area (Å²) in [5, 5.41) is 29.7. The number of rotatable bonds is 20. The quantitative estimate of drug-likeness (QED) is 0.00545. The van der Waals surface area contributed by atoms with Crippen LogP contribution in [0, 0.1) is 98.5 Å². The number of amides is 4. The maximum Gasteiger partial charge on any atom is 1.00 e. The molecule has 14 rings (SSSR count). The van der Waals surface area contributed by atoms with Gasteiger partial charge in [0.15, 0.2) is 11.6 Å². The standard InChI is InChI=1S/C28H22ClF4N3O2.C26H20ClF4N3O.C20H15ClF4N2O.C19H17ClFNO2.C7H5F3N2.C4H6O3.C2H4O2.CH4.Na/c1-14(17-7-5-4-6-8-17)34-28(38)24-15(2)36(16(3)37)27(25-22(32)12-19(31)13-23(25)33)35-26(24)20-10-9-18(30)11-21(20)29;1-13(15-6-4-3-5-7-15)33-26(35)22-14(2)32-25(23-20(30)11-17(29)12-21(23)31)34-24(22)18-9-8-16(28)10-19(18)27;1-3-16(28)17-9(2)26-20(18-14(24)7-11(23)8-15(18)25)27-19(17)12-5-4-10(22)6-13(12)21;1-12(14-6-4-3-5-7-14)22-19(24)17(13(2)23)10-15-8-9-16(21)11-18(15)20;8-3-1-4(9)6(7(11)12)5(10)2-3;1-3(5)7-4(2)6;1-2(3)4;;/h4-14,26H,1-3H3,(H,34,38);3-13,24H,1-2H3,(H,32,34)(H,33,35);4-8,19H,3H2,1-2H3,(H,26,27);3-12H,1-2H3,(H,22,24);1-2H,(H3,11,12);1-2H3;1H3,(H,3,4);1H4;/q;;;;;;;;+1/p-1/b;;;17-10+;;;;;/t14-,26-;13-,24+;19-;12-;;;;;/m0101...../s1. The Morgan fingerprint density at radius 2 is 0.740 bits per heavy atom. The molecule has 11 aromatic rings. The minimum atomic E-state index is -1.30. The summed E-state index contributed by atoms with van der Waals surface area (Å²) in [5.41, 5.74) is 6.86. The Morgan fingerprint density at radius 1 is 0.433 bits per heavy atom. The molecule has 4 amide bonds. The van der Waals surface area contributed by atoms with Gasteiger partial charge in [-0.05, 0) is 132 Å². The summed E-state index contributed by atoms with van der Waals surface area (Å²) < 4.78 is 223. The van der Waals surface area contributed by atoms with Gasteiger partial charge in [-0.15, -0.1) is 0 Å². The zero-order chi connectivity index (χ0) is 110.